The minimum atomic E-state index is -0.242. The smallest absolute Gasteiger partial charge is 0.123 e. The zero-order chi connectivity index (χ0) is 14.0. The SMILES string of the molecule is COc1ccc(C)cc1C(N)c1cc(Cl)ccc1C. The lowest BCUT2D eigenvalue weighted by Crippen LogP contribution is -2.14. The third-order valence-corrected chi connectivity index (χ3v) is 3.53. The average Bonchev–Trinajstić information content (AvgIpc) is 2.40. The Morgan fingerprint density at radius 3 is 2.47 bits per heavy atom. The van der Waals surface area contributed by atoms with Gasteiger partial charge in [0.2, 0.25) is 0 Å². The largest absolute Gasteiger partial charge is 0.496 e. The van der Waals surface area contributed by atoms with Crippen LogP contribution in [0.1, 0.15) is 28.3 Å². The highest BCUT2D eigenvalue weighted by atomic mass is 35.5. The van der Waals surface area contributed by atoms with Crippen LogP contribution in [-0.2, 0) is 0 Å². The first-order chi connectivity index (χ1) is 9.02. The van der Waals surface area contributed by atoms with Crippen LogP contribution in [0.25, 0.3) is 0 Å². The molecule has 2 rings (SSSR count). The fraction of sp³-hybridized carbons (Fsp3) is 0.250. The Morgan fingerprint density at radius 2 is 1.79 bits per heavy atom. The molecule has 0 aromatic heterocycles. The van der Waals surface area contributed by atoms with Gasteiger partial charge in [-0.2, -0.15) is 0 Å². The molecule has 2 aromatic carbocycles. The van der Waals surface area contributed by atoms with Gasteiger partial charge in [0.1, 0.15) is 5.75 Å². The van der Waals surface area contributed by atoms with Crippen molar-refractivity contribution in [3.8, 4) is 5.75 Å². The molecule has 1 atom stereocenters. The topological polar surface area (TPSA) is 35.2 Å². The zero-order valence-electron chi connectivity index (χ0n) is 11.4. The number of ether oxygens (including phenoxy) is 1. The van der Waals surface area contributed by atoms with Crippen molar-refractivity contribution in [2.75, 3.05) is 7.11 Å². The molecule has 0 bridgehead atoms. The quantitative estimate of drug-likeness (QED) is 0.918. The molecule has 0 saturated carbocycles. The fourth-order valence-corrected chi connectivity index (χ4v) is 2.39. The van der Waals surface area contributed by atoms with E-state index in [0.717, 1.165) is 28.0 Å². The molecule has 3 heteroatoms. The van der Waals surface area contributed by atoms with Gasteiger partial charge in [-0.3, -0.25) is 0 Å². The van der Waals surface area contributed by atoms with Crippen molar-refractivity contribution in [2.45, 2.75) is 19.9 Å². The Hall–Kier alpha value is -1.51. The van der Waals surface area contributed by atoms with Crippen LogP contribution in [0.15, 0.2) is 36.4 Å². The predicted octanol–water partition coefficient (Wildman–Crippen LogP) is 4.01. The summed E-state index contributed by atoms with van der Waals surface area (Å²) in [6.45, 7) is 4.08. The summed E-state index contributed by atoms with van der Waals surface area (Å²) >= 11 is 6.07. The van der Waals surface area contributed by atoms with E-state index in [9.17, 15) is 0 Å². The molecule has 19 heavy (non-hydrogen) atoms. The summed E-state index contributed by atoms with van der Waals surface area (Å²) in [6, 6.07) is 11.6. The van der Waals surface area contributed by atoms with Gasteiger partial charge in [-0.05, 0) is 43.2 Å². The highest BCUT2D eigenvalue weighted by Crippen LogP contribution is 2.31. The second kappa shape index (κ2) is 5.64. The minimum Gasteiger partial charge on any atom is -0.496 e. The second-order valence-electron chi connectivity index (χ2n) is 4.72. The number of hydrogen-bond donors (Lipinski definition) is 1. The van der Waals surface area contributed by atoms with E-state index in [1.165, 1.54) is 0 Å². The first-order valence-electron chi connectivity index (χ1n) is 6.19. The normalized spacial score (nSPS) is 12.3. The van der Waals surface area contributed by atoms with Gasteiger partial charge in [0.25, 0.3) is 0 Å². The Balaban J connectivity index is 2.51. The Kier molecular flexibility index (Phi) is 4.13. The number of methoxy groups -OCH3 is 1. The first-order valence-corrected chi connectivity index (χ1v) is 6.57. The molecule has 0 radical (unpaired) electrons. The van der Waals surface area contributed by atoms with Crippen molar-refractivity contribution in [3.63, 3.8) is 0 Å². The van der Waals surface area contributed by atoms with Crippen LogP contribution >= 0.6 is 11.6 Å². The lowest BCUT2D eigenvalue weighted by atomic mass is 9.94. The Labute approximate surface area is 119 Å². The summed E-state index contributed by atoms with van der Waals surface area (Å²) in [5.74, 6) is 0.803. The van der Waals surface area contributed by atoms with Gasteiger partial charge in [-0.15, -0.1) is 0 Å². The maximum atomic E-state index is 6.39. The maximum Gasteiger partial charge on any atom is 0.123 e. The lowest BCUT2D eigenvalue weighted by Gasteiger charge is -2.19. The summed E-state index contributed by atoms with van der Waals surface area (Å²) in [5, 5.41) is 0.697. The Bertz CT molecular complexity index is 595. The maximum absolute atomic E-state index is 6.39. The van der Waals surface area contributed by atoms with Crippen LogP contribution in [-0.4, -0.2) is 7.11 Å². The summed E-state index contributed by atoms with van der Waals surface area (Å²) in [5.41, 5.74) is 10.7. The lowest BCUT2D eigenvalue weighted by molar-refractivity contribution is 0.407. The third-order valence-electron chi connectivity index (χ3n) is 3.30. The predicted molar refractivity (Wildman–Crippen MR) is 80.0 cm³/mol. The van der Waals surface area contributed by atoms with Crippen LogP contribution in [0.5, 0.6) is 5.75 Å². The molecule has 2 nitrogen and oxygen atoms in total. The highest BCUT2D eigenvalue weighted by Gasteiger charge is 2.16. The summed E-state index contributed by atoms with van der Waals surface area (Å²) in [7, 11) is 1.66. The zero-order valence-corrected chi connectivity index (χ0v) is 12.2. The Morgan fingerprint density at radius 1 is 1.05 bits per heavy atom. The van der Waals surface area contributed by atoms with E-state index < -0.39 is 0 Å². The van der Waals surface area contributed by atoms with Gasteiger partial charge >= 0.3 is 0 Å². The van der Waals surface area contributed by atoms with E-state index in [1.807, 2.05) is 44.2 Å². The molecule has 0 fully saturated rings. The number of hydrogen-bond acceptors (Lipinski definition) is 2. The summed E-state index contributed by atoms with van der Waals surface area (Å²) in [4.78, 5) is 0. The molecule has 0 heterocycles. The minimum absolute atomic E-state index is 0.242. The van der Waals surface area contributed by atoms with Crippen molar-refractivity contribution in [2.24, 2.45) is 5.73 Å². The van der Waals surface area contributed by atoms with Crippen molar-refractivity contribution in [1.82, 2.24) is 0 Å². The van der Waals surface area contributed by atoms with Gasteiger partial charge in [-0.1, -0.05) is 35.4 Å². The van der Waals surface area contributed by atoms with Crippen molar-refractivity contribution in [3.05, 3.63) is 63.7 Å². The summed E-state index contributed by atoms with van der Waals surface area (Å²) < 4.78 is 5.40. The van der Waals surface area contributed by atoms with E-state index in [-0.39, 0.29) is 6.04 Å². The number of benzene rings is 2. The van der Waals surface area contributed by atoms with Gasteiger partial charge < -0.3 is 10.5 Å². The van der Waals surface area contributed by atoms with Crippen LogP contribution < -0.4 is 10.5 Å². The molecule has 0 aliphatic heterocycles. The molecule has 100 valence electrons. The average molecular weight is 276 g/mol. The third kappa shape index (κ3) is 2.91. The molecule has 0 amide bonds. The second-order valence-corrected chi connectivity index (χ2v) is 5.16. The van der Waals surface area contributed by atoms with E-state index in [1.54, 1.807) is 7.11 Å². The van der Waals surface area contributed by atoms with Gasteiger partial charge in [0, 0.05) is 10.6 Å². The van der Waals surface area contributed by atoms with Crippen LogP contribution in [0.4, 0.5) is 0 Å². The number of nitrogens with two attached hydrogens (primary N) is 1. The number of aryl methyl sites for hydroxylation is 2. The van der Waals surface area contributed by atoms with E-state index in [4.69, 9.17) is 22.1 Å². The molecule has 0 aliphatic carbocycles. The fourth-order valence-electron chi connectivity index (χ4n) is 2.21. The van der Waals surface area contributed by atoms with Crippen LogP contribution in [0, 0.1) is 13.8 Å². The van der Waals surface area contributed by atoms with E-state index >= 15 is 0 Å². The standard InChI is InChI=1S/C16H18ClNO/c1-10-4-7-15(19-3)14(8-10)16(18)13-9-12(17)6-5-11(13)2/h4-9,16H,18H2,1-3H3. The molecule has 2 aromatic rings. The molecule has 0 aliphatic rings. The van der Waals surface area contributed by atoms with Gasteiger partial charge in [-0.25, -0.2) is 0 Å². The van der Waals surface area contributed by atoms with Crippen LogP contribution in [0.3, 0.4) is 0 Å². The van der Waals surface area contributed by atoms with Crippen LogP contribution in [0.2, 0.25) is 5.02 Å². The van der Waals surface area contributed by atoms with Gasteiger partial charge in [0.05, 0.1) is 13.2 Å². The molecular weight excluding hydrogens is 258 g/mol. The van der Waals surface area contributed by atoms with Crippen molar-refractivity contribution >= 4 is 11.6 Å². The monoisotopic (exact) mass is 275 g/mol. The summed E-state index contributed by atoms with van der Waals surface area (Å²) in [6.07, 6.45) is 0. The molecule has 1 unspecified atom stereocenters. The van der Waals surface area contributed by atoms with E-state index in [2.05, 4.69) is 6.07 Å². The molecule has 0 spiro atoms. The van der Waals surface area contributed by atoms with Gasteiger partial charge in [0.15, 0.2) is 0 Å². The highest BCUT2D eigenvalue weighted by molar-refractivity contribution is 6.30. The van der Waals surface area contributed by atoms with E-state index in [0.29, 0.717) is 5.02 Å². The molecular formula is C16H18ClNO. The van der Waals surface area contributed by atoms with Crippen molar-refractivity contribution in [1.29, 1.82) is 0 Å². The van der Waals surface area contributed by atoms with Crippen molar-refractivity contribution < 1.29 is 4.74 Å². The number of halogens is 1. The first kappa shape index (κ1) is 13.9. The number of rotatable bonds is 3. The molecule has 0 saturated heterocycles. The molecule has 2 N–H and O–H groups in total.